The summed E-state index contributed by atoms with van der Waals surface area (Å²) in [6.07, 6.45) is 13.2. The van der Waals surface area contributed by atoms with Crippen LogP contribution in [0.25, 0.3) is 66.8 Å². The fourth-order valence-electron chi connectivity index (χ4n) is 9.47. The highest BCUT2D eigenvalue weighted by Crippen LogP contribution is 2.56. The Kier molecular flexibility index (Phi) is 8.64. The van der Waals surface area contributed by atoms with Crippen molar-refractivity contribution in [3.8, 4) is 33.4 Å². The van der Waals surface area contributed by atoms with Crippen LogP contribution in [0.2, 0.25) is 0 Å². The first-order chi connectivity index (χ1) is 28.0. The normalized spacial score (nSPS) is 15.6. The Balaban J connectivity index is 1.14. The molecule has 2 heteroatoms. The van der Waals surface area contributed by atoms with Gasteiger partial charge < -0.3 is 9.32 Å². The molecule has 0 radical (unpaired) electrons. The third-order valence-corrected chi connectivity index (χ3v) is 12.2. The molecule has 0 aliphatic heterocycles. The van der Waals surface area contributed by atoms with Gasteiger partial charge in [0.15, 0.2) is 0 Å². The lowest BCUT2D eigenvalue weighted by Crippen LogP contribution is -2.30. The molecule has 0 bridgehead atoms. The highest BCUT2D eigenvalue weighted by Gasteiger charge is 2.40. The van der Waals surface area contributed by atoms with Crippen molar-refractivity contribution in [3.05, 3.63) is 210 Å². The van der Waals surface area contributed by atoms with Crippen LogP contribution in [-0.4, -0.2) is 6.04 Å². The number of hydrogen-bond acceptors (Lipinski definition) is 2. The van der Waals surface area contributed by atoms with Crippen molar-refractivity contribution < 1.29 is 4.42 Å². The first kappa shape index (κ1) is 34.8. The van der Waals surface area contributed by atoms with Crippen LogP contribution in [0.3, 0.4) is 0 Å². The van der Waals surface area contributed by atoms with Crippen molar-refractivity contribution in [1.29, 1.82) is 0 Å². The number of benzene rings is 7. The SMILES string of the molecule is CCc1c(/C=C/N(c2ccccc2-c2ccccc2)C2C=CC(c3ccccc3)=CC2)oc2c3c(c4ccccc4c12)C(C)(C)c1cc(-c2ccccc2)ccc1-3. The van der Waals surface area contributed by atoms with E-state index in [9.17, 15) is 0 Å². The zero-order valence-corrected chi connectivity index (χ0v) is 32.7. The zero-order valence-electron chi connectivity index (χ0n) is 32.7. The first-order valence-corrected chi connectivity index (χ1v) is 20.3. The molecule has 1 heterocycles. The predicted molar refractivity (Wildman–Crippen MR) is 241 cm³/mol. The van der Waals surface area contributed by atoms with Crippen LogP contribution in [0.15, 0.2) is 187 Å². The van der Waals surface area contributed by atoms with E-state index in [4.69, 9.17) is 4.42 Å². The van der Waals surface area contributed by atoms with Gasteiger partial charge in [0.05, 0.1) is 6.04 Å². The maximum atomic E-state index is 7.23. The smallest absolute Gasteiger partial charge is 0.143 e. The number of fused-ring (bicyclic) bond motifs is 8. The van der Waals surface area contributed by atoms with E-state index in [2.05, 4.69) is 214 Å². The van der Waals surface area contributed by atoms with E-state index in [0.717, 1.165) is 29.9 Å². The van der Waals surface area contributed by atoms with E-state index in [1.54, 1.807) is 0 Å². The van der Waals surface area contributed by atoms with E-state index in [1.807, 2.05) is 0 Å². The van der Waals surface area contributed by atoms with Crippen molar-refractivity contribution in [1.82, 2.24) is 0 Å². The van der Waals surface area contributed by atoms with Gasteiger partial charge in [-0.3, -0.25) is 0 Å². The minimum atomic E-state index is -0.212. The van der Waals surface area contributed by atoms with E-state index in [-0.39, 0.29) is 11.5 Å². The molecule has 1 atom stereocenters. The number of rotatable bonds is 8. The third-order valence-electron chi connectivity index (χ3n) is 12.2. The highest BCUT2D eigenvalue weighted by atomic mass is 16.3. The van der Waals surface area contributed by atoms with Crippen molar-refractivity contribution >= 4 is 39.1 Å². The molecule has 0 N–H and O–H groups in total. The Bertz CT molecular complexity index is 2870. The van der Waals surface area contributed by atoms with Crippen LogP contribution in [0.1, 0.15) is 55.2 Å². The zero-order chi connectivity index (χ0) is 38.5. The minimum Gasteiger partial charge on any atom is -0.456 e. The van der Waals surface area contributed by atoms with E-state index in [1.165, 1.54) is 77.4 Å². The Morgan fingerprint density at radius 3 is 2.02 bits per heavy atom. The highest BCUT2D eigenvalue weighted by molar-refractivity contribution is 6.18. The Morgan fingerprint density at radius 2 is 1.32 bits per heavy atom. The van der Waals surface area contributed by atoms with E-state index < -0.39 is 0 Å². The molecular formula is C55H45NO. The number of furan rings is 1. The van der Waals surface area contributed by atoms with Gasteiger partial charge in [-0.15, -0.1) is 0 Å². The van der Waals surface area contributed by atoms with Gasteiger partial charge in [0.25, 0.3) is 0 Å². The number of allylic oxidation sites excluding steroid dienone is 2. The lowest BCUT2D eigenvalue weighted by atomic mass is 9.79. The summed E-state index contributed by atoms with van der Waals surface area (Å²) >= 11 is 0. The predicted octanol–water partition coefficient (Wildman–Crippen LogP) is 14.7. The fraction of sp³-hybridized carbons (Fsp3) is 0.127. The maximum Gasteiger partial charge on any atom is 0.143 e. The lowest BCUT2D eigenvalue weighted by molar-refractivity contribution is 0.598. The number of aryl methyl sites for hydroxylation is 1. The van der Waals surface area contributed by atoms with Crippen molar-refractivity contribution in [2.45, 2.75) is 45.1 Å². The number of para-hydroxylation sites is 1. The molecule has 57 heavy (non-hydrogen) atoms. The monoisotopic (exact) mass is 735 g/mol. The van der Waals surface area contributed by atoms with Crippen molar-refractivity contribution in [2.75, 3.05) is 4.90 Å². The van der Waals surface area contributed by atoms with Gasteiger partial charge in [0.1, 0.15) is 11.3 Å². The third kappa shape index (κ3) is 5.87. The molecule has 1 aromatic heterocycles. The summed E-state index contributed by atoms with van der Waals surface area (Å²) in [6, 6.07) is 57.0. The van der Waals surface area contributed by atoms with Gasteiger partial charge in [0.2, 0.25) is 0 Å². The van der Waals surface area contributed by atoms with Gasteiger partial charge in [-0.25, -0.2) is 0 Å². The number of nitrogens with zero attached hydrogens (tertiary/aromatic N) is 1. The molecule has 2 nitrogen and oxygen atoms in total. The lowest BCUT2D eigenvalue weighted by Gasteiger charge is -2.32. The molecule has 0 fully saturated rings. The quantitative estimate of drug-likeness (QED) is 0.154. The van der Waals surface area contributed by atoms with Crippen molar-refractivity contribution in [3.63, 3.8) is 0 Å². The van der Waals surface area contributed by atoms with E-state index in [0.29, 0.717) is 0 Å². The van der Waals surface area contributed by atoms with Crippen molar-refractivity contribution in [2.24, 2.45) is 0 Å². The van der Waals surface area contributed by atoms with Gasteiger partial charge in [-0.05, 0) is 86.3 Å². The molecule has 0 spiro atoms. The standard InChI is InChI=1S/C55H45NO/c1-4-43-50(34-35-56(42-31-28-39(29-32-42)37-18-8-5-9-19-37)49-27-17-16-24-44(49)40-22-12-7-13-23-40)57-54-51(43)45-25-14-15-26-46(45)53-52(54)47-33-30-41(36-48(47)55(53,2)3)38-20-10-6-11-21-38/h5-31,33-36,42H,4,32H2,1-3H3/b35-34+. The Labute approximate surface area is 335 Å². The molecule has 0 saturated heterocycles. The van der Waals surface area contributed by atoms with Crippen LogP contribution in [0, 0.1) is 0 Å². The van der Waals surface area contributed by atoms with Crippen LogP contribution >= 0.6 is 0 Å². The summed E-state index contributed by atoms with van der Waals surface area (Å²) in [4.78, 5) is 2.44. The van der Waals surface area contributed by atoms with Gasteiger partial charge in [0, 0.05) is 39.4 Å². The summed E-state index contributed by atoms with van der Waals surface area (Å²) < 4.78 is 7.23. The molecule has 2 aliphatic rings. The Morgan fingerprint density at radius 1 is 0.667 bits per heavy atom. The average molecular weight is 736 g/mol. The van der Waals surface area contributed by atoms with Crippen LogP contribution in [-0.2, 0) is 11.8 Å². The molecule has 2 aliphatic carbocycles. The first-order valence-electron chi connectivity index (χ1n) is 20.3. The average Bonchev–Trinajstić information content (AvgIpc) is 3.76. The molecule has 276 valence electrons. The molecule has 1 unspecified atom stereocenters. The second-order valence-corrected chi connectivity index (χ2v) is 15.8. The summed E-state index contributed by atoms with van der Waals surface area (Å²) in [5, 5.41) is 3.79. The summed E-state index contributed by atoms with van der Waals surface area (Å²) in [5.41, 5.74) is 15.8. The number of anilines is 1. The minimum absolute atomic E-state index is 0.115. The number of hydrogen-bond donors (Lipinski definition) is 0. The second kappa shape index (κ2) is 14.1. The van der Waals surface area contributed by atoms with Crippen LogP contribution < -0.4 is 4.90 Å². The van der Waals surface area contributed by atoms with Crippen LogP contribution in [0.5, 0.6) is 0 Å². The summed E-state index contributed by atoms with van der Waals surface area (Å²) in [6.45, 7) is 7.02. The molecular weight excluding hydrogens is 691 g/mol. The maximum absolute atomic E-state index is 7.23. The largest absolute Gasteiger partial charge is 0.456 e. The molecule has 0 amide bonds. The molecule has 8 aromatic rings. The van der Waals surface area contributed by atoms with Gasteiger partial charge in [-0.2, -0.15) is 0 Å². The topological polar surface area (TPSA) is 16.4 Å². The fourth-order valence-corrected chi connectivity index (χ4v) is 9.47. The molecule has 7 aromatic carbocycles. The van der Waals surface area contributed by atoms with Gasteiger partial charge >= 0.3 is 0 Å². The van der Waals surface area contributed by atoms with Crippen LogP contribution in [0.4, 0.5) is 5.69 Å². The molecule has 10 rings (SSSR count). The van der Waals surface area contributed by atoms with E-state index >= 15 is 0 Å². The molecule has 0 saturated carbocycles. The Hall–Kier alpha value is -6.64. The summed E-state index contributed by atoms with van der Waals surface area (Å²) in [7, 11) is 0. The second-order valence-electron chi connectivity index (χ2n) is 15.8. The van der Waals surface area contributed by atoms with Gasteiger partial charge in [-0.1, -0.05) is 185 Å². The summed E-state index contributed by atoms with van der Waals surface area (Å²) in [5.74, 6) is 0.917.